The van der Waals surface area contributed by atoms with E-state index < -0.39 is 20.0 Å². The second kappa shape index (κ2) is 11.5. The van der Waals surface area contributed by atoms with Crippen LogP contribution < -0.4 is 0 Å². The van der Waals surface area contributed by atoms with E-state index in [9.17, 15) is 9.59 Å². The Balaban J connectivity index is 5.50. The van der Waals surface area contributed by atoms with Crippen molar-refractivity contribution >= 4 is 20.0 Å². The van der Waals surface area contributed by atoms with E-state index in [1.165, 1.54) is 0 Å². The highest BCUT2D eigenvalue weighted by Crippen LogP contribution is 2.29. The third-order valence-corrected chi connectivity index (χ3v) is 9.21. The van der Waals surface area contributed by atoms with Gasteiger partial charge in [-0.1, -0.05) is 70.8 Å². The molecule has 128 valence electrons. The molecular formula is C17H32O4Si. The van der Waals surface area contributed by atoms with Gasteiger partial charge in [-0.05, 0) is 6.42 Å². The normalized spacial score (nSPS) is 12.3. The maximum Gasteiger partial charge on any atom is 0.333 e. The fourth-order valence-corrected chi connectivity index (χ4v) is 8.22. The Kier molecular flexibility index (Phi) is 10.9. The number of carboxylic acid groups (broad SMARTS) is 1. The molecule has 5 heteroatoms. The summed E-state index contributed by atoms with van der Waals surface area (Å²) in [6, 6.07) is 3.33. The summed E-state index contributed by atoms with van der Waals surface area (Å²) in [4.78, 5) is 23.3. The number of carboxylic acids is 1. The Hall–Kier alpha value is -1.10. The number of aliphatic carboxylic acids is 1. The van der Waals surface area contributed by atoms with Crippen molar-refractivity contribution in [3.8, 4) is 0 Å². The largest absolute Gasteiger partial charge is 0.481 e. The molecule has 1 N–H and O–H groups in total. The number of esters is 1. The lowest BCUT2D eigenvalue weighted by atomic mass is 10.2. The summed E-state index contributed by atoms with van der Waals surface area (Å²) < 4.78 is 5.19. The third-order valence-electron chi connectivity index (χ3n) is 3.77. The van der Waals surface area contributed by atoms with Gasteiger partial charge in [-0.25, -0.2) is 4.79 Å². The minimum Gasteiger partial charge on any atom is -0.481 e. The molecular weight excluding hydrogens is 296 g/mol. The average Bonchev–Trinajstić information content (AvgIpc) is 2.44. The van der Waals surface area contributed by atoms with Crippen LogP contribution in [0.15, 0.2) is 11.3 Å². The van der Waals surface area contributed by atoms with Crippen LogP contribution in [0.4, 0.5) is 0 Å². The Labute approximate surface area is 136 Å². The van der Waals surface area contributed by atoms with Crippen LogP contribution in [0.25, 0.3) is 0 Å². The molecule has 0 aromatic carbocycles. The molecule has 0 aromatic rings. The second-order valence-corrected chi connectivity index (χ2v) is 10.5. The summed E-state index contributed by atoms with van der Waals surface area (Å²) in [6.07, 6.45) is 3.75. The van der Waals surface area contributed by atoms with Crippen LogP contribution in [-0.2, 0) is 14.3 Å². The first-order chi connectivity index (χ1) is 10.4. The van der Waals surface area contributed by atoms with Crippen molar-refractivity contribution in [1.29, 1.82) is 0 Å². The standard InChI is InChI=1S/C17H32O4Si/c1-5-9-21-17(20)15(13-16(18)19)14-22(10-6-2,11-7-3)12-8-4/h14H,5-13H2,1-4H3,(H,18,19). The van der Waals surface area contributed by atoms with Gasteiger partial charge in [0.15, 0.2) is 0 Å². The van der Waals surface area contributed by atoms with Crippen LogP contribution >= 0.6 is 0 Å². The first kappa shape index (κ1) is 20.9. The zero-order valence-electron chi connectivity index (χ0n) is 14.6. The molecule has 0 amide bonds. The lowest BCUT2D eigenvalue weighted by Gasteiger charge is -2.28. The molecule has 0 saturated carbocycles. The molecule has 0 radical (unpaired) electrons. The lowest BCUT2D eigenvalue weighted by molar-refractivity contribution is -0.142. The van der Waals surface area contributed by atoms with Gasteiger partial charge < -0.3 is 9.84 Å². The van der Waals surface area contributed by atoms with Crippen LogP contribution in [-0.4, -0.2) is 31.7 Å². The summed E-state index contributed by atoms with van der Waals surface area (Å²) in [7, 11) is -1.75. The monoisotopic (exact) mass is 328 g/mol. The number of hydrogen-bond acceptors (Lipinski definition) is 3. The van der Waals surface area contributed by atoms with Crippen molar-refractivity contribution in [3.05, 3.63) is 11.3 Å². The first-order valence-corrected chi connectivity index (χ1v) is 11.2. The highest BCUT2D eigenvalue weighted by Gasteiger charge is 2.30. The third kappa shape index (κ3) is 7.78. The summed E-state index contributed by atoms with van der Waals surface area (Å²) in [5, 5.41) is 9.11. The summed E-state index contributed by atoms with van der Waals surface area (Å²) in [6.45, 7) is 8.76. The molecule has 0 aliphatic heterocycles. The maximum atomic E-state index is 12.2. The molecule has 0 bridgehead atoms. The van der Waals surface area contributed by atoms with Crippen LogP contribution in [0.2, 0.25) is 18.1 Å². The molecule has 0 spiro atoms. The zero-order valence-corrected chi connectivity index (χ0v) is 15.6. The summed E-state index contributed by atoms with van der Waals surface area (Å²) in [5.74, 6) is -1.41. The van der Waals surface area contributed by atoms with E-state index in [0.29, 0.717) is 12.2 Å². The fraction of sp³-hybridized carbons (Fsp3) is 0.765. The van der Waals surface area contributed by atoms with Crippen molar-refractivity contribution in [1.82, 2.24) is 0 Å². The van der Waals surface area contributed by atoms with E-state index in [4.69, 9.17) is 9.84 Å². The Bertz CT molecular complexity index is 360. The van der Waals surface area contributed by atoms with Crippen LogP contribution in [0.5, 0.6) is 0 Å². The molecule has 0 saturated heterocycles. The first-order valence-electron chi connectivity index (χ1n) is 8.55. The molecule has 0 aromatic heterocycles. The molecule has 0 atom stereocenters. The van der Waals surface area contributed by atoms with E-state index in [2.05, 4.69) is 26.5 Å². The topological polar surface area (TPSA) is 63.6 Å². The van der Waals surface area contributed by atoms with Crippen molar-refractivity contribution in [2.45, 2.75) is 77.9 Å². The van der Waals surface area contributed by atoms with Gasteiger partial charge >= 0.3 is 11.9 Å². The summed E-state index contributed by atoms with van der Waals surface area (Å²) in [5.41, 5.74) is 2.42. The Morgan fingerprint density at radius 2 is 1.45 bits per heavy atom. The average molecular weight is 329 g/mol. The quantitative estimate of drug-likeness (QED) is 0.324. The van der Waals surface area contributed by atoms with E-state index >= 15 is 0 Å². The smallest absolute Gasteiger partial charge is 0.333 e. The highest BCUT2D eigenvalue weighted by molar-refractivity contribution is 6.84. The molecule has 0 fully saturated rings. The van der Waals surface area contributed by atoms with E-state index in [1.54, 1.807) is 0 Å². The molecule has 0 unspecified atom stereocenters. The minimum atomic E-state index is -1.75. The van der Waals surface area contributed by atoms with Crippen LogP contribution in [0.1, 0.15) is 59.8 Å². The molecule has 0 heterocycles. The van der Waals surface area contributed by atoms with Gasteiger partial charge in [0, 0.05) is 5.57 Å². The molecule has 0 rings (SSSR count). The molecule has 0 aliphatic rings. The minimum absolute atomic E-state index is 0.228. The van der Waals surface area contributed by atoms with Gasteiger partial charge in [0.05, 0.1) is 21.1 Å². The second-order valence-electron chi connectivity index (χ2n) is 5.99. The van der Waals surface area contributed by atoms with Crippen molar-refractivity contribution in [2.75, 3.05) is 6.61 Å². The molecule has 0 aliphatic carbocycles. The number of rotatable bonds is 12. The Morgan fingerprint density at radius 3 is 1.82 bits per heavy atom. The van der Waals surface area contributed by atoms with Gasteiger partial charge in [-0.15, -0.1) is 0 Å². The van der Waals surface area contributed by atoms with E-state index in [1.807, 2.05) is 6.92 Å². The van der Waals surface area contributed by atoms with E-state index in [-0.39, 0.29) is 6.42 Å². The van der Waals surface area contributed by atoms with Gasteiger partial charge in [0.25, 0.3) is 0 Å². The van der Waals surface area contributed by atoms with Crippen molar-refractivity contribution in [3.63, 3.8) is 0 Å². The lowest BCUT2D eigenvalue weighted by Crippen LogP contribution is -2.33. The van der Waals surface area contributed by atoms with Crippen LogP contribution in [0, 0.1) is 0 Å². The van der Waals surface area contributed by atoms with Gasteiger partial charge in [0.1, 0.15) is 0 Å². The zero-order chi connectivity index (χ0) is 17.0. The molecule has 22 heavy (non-hydrogen) atoms. The highest BCUT2D eigenvalue weighted by atomic mass is 28.3. The summed E-state index contributed by atoms with van der Waals surface area (Å²) >= 11 is 0. The maximum absolute atomic E-state index is 12.2. The predicted octanol–water partition coefficient (Wildman–Crippen LogP) is 4.56. The Morgan fingerprint density at radius 1 is 0.955 bits per heavy atom. The number of hydrogen-bond donors (Lipinski definition) is 1. The van der Waals surface area contributed by atoms with E-state index in [0.717, 1.165) is 43.8 Å². The number of ether oxygens (including phenoxy) is 1. The van der Waals surface area contributed by atoms with Gasteiger partial charge in [-0.3, -0.25) is 4.79 Å². The van der Waals surface area contributed by atoms with Crippen LogP contribution in [0.3, 0.4) is 0 Å². The van der Waals surface area contributed by atoms with Crippen molar-refractivity contribution in [2.24, 2.45) is 0 Å². The fourth-order valence-electron chi connectivity index (χ4n) is 3.09. The number of carbonyl (C=O) groups is 2. The van der Waals surface area contributed by atoms with Gasteiger partial charge in [0.2, 0.25) is 0 Å². The SMILES string of the molecule is CCCOC(=O)C(=C[Si](CCC)(CCC)CCC)CC(=O)O. The predicted molar refractivity (Wildman–Crippen MR) is 92.6 cm³/mol. The molecule has 4 nitrogen and oxygen atoms in total. The number of carbonyl (C=O) groups excluding carboxylic acids is 1. The van der Waals surface area contributed by atoms with Crippen molar-refractivity contribution < 1.29 is 19.4 Å². The van der Waals surface area contributed by atoms with Gasteiger partial charge in [-0.2, -0.15) is 0 Å².